The van der Waals surface area contributed by atoms with Crippen molar-refractivity contribution in [1.82, 2.24) is 10.5 Å². The van der Waals surface area contributed by atoms with E-state index < -0.39 is 34.7 Å². The number of carbonyl (C=O) groups is 2. The van der Waals surface area contributed by atoms with E-state index >= 15 is 0 Å². The second kappa shape index (κ2) is 11.3. The first kappa shape index (κ1) is 26.2. The number of H-pyrrole nitrogens is 1. The molecule has 0 aliphatic rings. The summed E-state index contributed by atoms with van der Waals surface area (Å²) in [5, 5.41) is 15.0. The largest absolute Gasteiger partial charge is 0.481 e. The summed E-state index contributed by atoms with van der Waals surface area (Å²) in [5.74, 6) is -2.53. The van der Waals surface area contributed by atoms with E-state index in [2.05, 4.69) is 5.32 Å². The molecule has 1 aromatic heterocycles. The van der Waals surface area contributed by atoms with Crippen molar-refractivity contribution in [1.29, 1.82) is 0 Å². The monoisotopic (exact) mass is 504 g/mol. The molecule has 0 saturated heterocycles. The lowest BCUT2D eigenvalue weighted by molar-refractivity contribution is -0.152. The molecule has 186 valence electrons. The maximum atomic E-state index is 15.0. The zero-order chi connectivity index (χ0) is 25.6. The Hall–Kier alpha value is -3.43. The molecule has 0 spiro atoms. The zero-order valence-corrected chi connectivity index (χ0v) is 20.0. The summed E-state index contributed by atoms with van der Waals surface area (Å²) in [5.41, 5.74) is -0.399. The summed E-state index contributed by atoms with van der Waals surface area (Å²) >= 11 is 6.02. The molecular weight excluding hydrogens is 479 g/mol. The van der Waals surface area contributed by atoms with Gasteiger partial charge < -0.3 is 19.7 Å². The average molecular weight is 505 g/mol. The van der Waals surface area contributed by atoms with Crippen molar-refractivity contribution < 1.29 is 28.3 Å². The number of amides is 1. The predicted octanol–water partition coefficient (Wildman–Crippen LogP) is 4.29. The Kier molecular flexibility index (Phi) is 8.48. The number of nitrogens with one attached hydrogen (secondary N) is 2. The van der Waals surface area contributed by atoms with Gasteiger partial charge in [-0.2, -0.15) is 5.16 Å². The summed E-state index contributed by atoms with van der Waals surface area (Å²) in [6.45, 7) is 3.51. The van der Waals surface area contributed by atoms with Gasteiger partial charge in [-0.05, 0) is 56.0 Å². The van der Waals surface area contributed by atoms with Gasteiger partial charge in [-0.3, -0.25) is 14.4 Å². The van der Waals surface area contributed by atoms with Gasteiger partial charge in [0.25, 0.3) is 11.5 Å². The Labute approximate surface area is 206 Å². The third-order valence-electron chi connectivity index (χ3n) is 5.57. The Morgan fingerprint density at radius 3 is 2.63 bits per heavy atom. The van der Waals surface area contributed by atoms with Crippen LogP contribution in [0.25, 0.3) is 11.1 Å². The van der Waals surface area contributed by atoms with E-state index in [9.17, 15) is 23.9 Å². The third-order valence-corrected chi connectivity index (χ3v) is 5.81. The van der Waals surface area contributed by atoms with E-state index in [-0.39, 0.29) is 25.2 Å². The van der Waals surface area contributed by atoms with E-state index in [0.29, 0.717) is 28.3 Å². The normalized spacial score (nSPS) is 13.7. The first-order valence-electron chi connectivity index (χ1n) is 11.0. The van der Waals surface area contributed by atoms with Crippen LogP contribution in [0.4, 0.5) is 4.39 Å². The molecule has 3 aromatic rings. The molecule has 0 bridgehead atoms. The molecule has 0 radical (unpaired) electrons. The van der Waals surface area contributed by atoms with Crippen LogP contribution in [0.15, 0.2) is 57.8 Å². The van der Waals surface area contributed by atoms with Crippen molar-refractivity contribution in [3.8, 4) is 11.1 Å². The van der Waals surface area contributed by atoms with E-state index in [1.807, 2.05) is 5.16 Å². The molecule has 1 heterocycles. The fourth-order valence-corrected chi connectivity index (χ4v) is 3.96. The number of aliphatic carboxylic acids is 1. The van der Waals surface area contributed by atoms with E-state index in [1.54, 1.807) is 43.3 Å². The number of carboxylic acids is 1. The molecular formula is C25H26ClFN2O6. The minimum atomic E-state index is -1.33. The maximum Gasteiger partial charge on any atom is 0.311 e. The van der Waals surface area contributed by atoms with Gasteiger partial charge in [0.2, 0.25) is 5.76 Å². The number of carboxylic acid groups (broad SMARTS) is 1. The van der Waals surface area contributed by atoms with E-state index in [1.165, 1.54) is 13.0 Å². The van der Waals surface area contributed by atoms with Crippen LogP contribution in [-0.4, -0.2) is 41.4 Å². The minimum Gasteiger partial charge on any atom is -0.481 e. The fraction of sp³-hybridized carbons (Fsp3) is 0.320. The highest BCUT2D eigenvalue weighted by Crippen LogP contribution is 2.29. The third kappa shape index (κ3) is 6.80. The summed E-state index contributed by atoms with van der Waals surface area (Å²) < 4.78 is 25.2. The zero-order valence-electron chi connectivity index (χ0n) is 19.3. The van der Waals surface area contributed by atoms with Crippen LogP contribution in [0.5, 0.6) is 0 Å². The SMILES string of the molecule is CCOCC(C)(CC(Cc1ccc(-c2cccc(Cl)c2)c(F)c1)NC(=O)c1cc(=O)[nH]o1)C(=O)O. The Morgan fingerprint density at radius 2 is 2.03 bits per heavy atom. The number of aromatic amines is 1. The van der Waals surface area contributed by atoms with Crippen LogP contribution in [0.1, 0.15) is 36.4 Å². The number of hydrogen-bond donors (Lipinski definition) is 3. The van der Waals surface area contributed by atoms with Gasteiger partial charge in [-0.25, -0.2) is 4.39 Å². The number of rotatable bonds is 11. The fourth-order valence-electron chi connectivity index (χ4n) is 3.77. The number of hydrogen-bond acceptors (Lipinski definition) is 5. The molecule has 3 rings (SSSR count). The highest BCUT2D eigenvalue weighted by molar-refractivity contribution is 6.30. The summed E-state index contributed by atoms with van der Waals surface area (Å²) in [4.78, 5) is 36.0. The number of aromatic nitrogens is 1. The molecule has 35 heavy (non-hydrogen) atoms. The van der Waals surface area contributed by atoms with Crippen molar-refractivity contribution in [3.05, 3.63) is 81.0 Å². The van der Waals surface area contributed by atoms with Crippen LogP contribution >= 0.6 is 11.6 Å². The molecule has 2 unspecified atom stereocenters. The first-order chi connectivity index (χ1) is 16.6. The van der Waals surface area contributed by atoms with Crippen LogP contribution in [0.2, 0.25) is 5.02 Å². The molecule has 0 aliphatic carbocycles. The molecule has 2 atom stereocenters. The number of benzene rings is 2. The van der Waals surface area contributed by atoms with Gasteiger partial charge in [-0.15, -0.1) is 0 Å². The van der Waals surface area contributed by atoms with Crippen LogP contribution in [0.3, 0.4) is 0 Å². The smallest absolute Gasteiger partial charge is 0.311 e. The Bertz CT molecular complexity index is 1260. The highest BCUT2D eigenvalue weighted by atomic mass is 35.5. The minimum absolute atomic E-state index is 0.0135. The summed E-state index contributed by atoms with van der Waals surface area (Å²) in [6.07, 6.45) is 0.114. The number of ether oxygens (including phenoxy) is 1. The van der Waals surface area contributed by atoms with Crippen LogP contribution in [0, 0.1) is 11.2 Å². The molecule has 0 fully saturated rings. The second-order valence-electron chi connectivity index (χ2n) is 8.48. The first-order valence-corrected chi connectivity index (χ1v) is 11.3. The van der Waals surface area contributed by atoms with Crippen molar-refractivity contribution in [3.63, 3.8) is 0 Å². The van der Waals surface area contributed by atoms with E-state index in [0.717, 1.165) is 6.07 Å². The Balaban J connectivity index is 1.87. The highest BCUT2D eigenvalue weighted by Gasteiger charge is 2.37. The lowest BCUT2D eigenvalue weighted by atomic mass is 9.82. The maximum absolute atomic E-state index is 15.0. The lowest BCUT2D eigenvalue weighted by Crippen LogP contribution is -2.44. The molecule has 3 N–H and O–H groups in total. The van der Waals surface area contributed by atoms with E-state index in [4.69, 9.17) is 20.9 Å². The summed E-state index contributed by atoms with van der Waals surface area (Å²) in [6, 6.07) is 11.7. The Morgan fingerprint density at radius 1 is 1.26 bits per heavy atom. The molecule has 10 heteroatoms. The van der Waals surface area contributed by atoms with Gasteiger partial charge in [0.05, 0.1) is 18.1 Å². The van der Waals surface area contributed by atoms with Crippen molar-refractivity contribution in [2.24, 2.45) is 5.41 Å². The van der Waals surface area contributed by atoms with Crippen LogP contribution in [-0.2, 0) is 16.0 Å². The van der Waals surface area contributed by atoms with Gasteiger partial charge >= 0.3 is 5.97 Å². The summed E-state index contributed by atoms with van der Waals surface area (Å²) in [7, 11) is 0. The van der Waals surface area contributed by atoms with Crippen molar-refractivity contribution in [2.75, 3.05) is 13.2 Å². The average Bonchev–Trinajstić information content (AvgIpc) is 3.24. The van der Waals surface area contributed by atoms with Gasteiger partial charge in [0.1, 0.15) is 5.82 Å². The van der Waals surface area contributed by atoms with Gasteiger partial charge in [0.15, 0.2) is 0 Å². The molecule has 0 aliphatic heterocycles. The second-order valence-corrected chi connectivity index (χ2v) is 8.92. The van der Waals surface area contributed by atoms with Gasteiger partial charge in [-0.1, -0.05) is 35.9 Å². The number of halogens is 2. The molecule has 8 nitrogen and oxygen atoms in total. The lowest BCUT2D eigenvalue weighted by Gasteiger charge is -2.30. The predicted molar refractivity (Wildman–Crippen MR) is 128 cm³/mol. The van der Waals surface area contributed by atoms with Crippen molar-refractivity contribution in [2.45, 2.75) is 32.7 Å². The molecule has 1 amide bonds. The number of carbonyl (C=O) groups excluding carboxylic acids is 1. The quantitative estimate of drug-likeness (QED) is 0.358. The molecule has 2 aromatic carbocycles. The standard InChI is InChI=1S/C25H26ClFN2O6/c1-3-34-14-25(2,24(32)33)13-18(28-23(31)21-12-22(30)29-35-21)9-15-7-8-19(20(27)10-15)16-5-4-6-17(26)11-16/h4-8,10-12,18H,3,9,13-14H2,1-2H3,(H,28,31)(H,29,30)(H,32,33). The molecule has 0 saturated carbocycles. The van der Waals surface area contributed by atoms with Crippen LogP contribution < -0.4 is 10.9 Å². The van der Waals surface area contributed by atoms with Gasteiger partial charge in [0, 0.05) is 23.2 Å². The topological polar surface area (TPSA) is 122 Å². The van der Waals surface area contributed by atoms with Crippen molar-refractivity contribution >= 4 is 23.5 Å².